The van der Waals surface area contributed by atoms with E-state index >= 15 is 0 Å². The monoisotopic (exact) mass is 531 g/mol. The summed E-state index contributed by atoms with van der Waals surface area (Å²) in [5, 5.41) is 17.6. The number of anilines is 1. The molecule has 2 N–H and O–H groups in total. The molecule has 2 aliphatic rings. The first-order chi connectivity index (χ1) is 18.0. The number of aliphatic hydroxyl groups is 1. The van der Waals surface area contributed by atoms with Crippen LogP contribution in [0.25, 0.3) is 22.8 Å². The molecule has 0 radical (unpaired) electrons. The SMILES string of the molecule is C[C@H](Nc1nccc(-c2cccc(-c3cc([C@]4(O)CCN(C)C4=O)on3)n2)n1)C(=O)N1CC(C(F)(F)F)C1. The van der Waals surface area contributed by atoms with Crippen molar-refractivity contribution < 1.29 is 32.4 Å². The smallest absolute Gasteiger partial charge is 0.373 e. The predicted octanol–water partition coefficient (Wildman–Crippen LogP) is 2.06. The molecule has 2 amide bonds. The van der Waals surface area contributed by atoms with Crippen molar-refractivity contribution in [3.63, 3.8) is 0 Å². The molecule has 2 fully saturated rings. The predicted molar refractivity (Wildman–Crippen MR) is 126 cm³/mol. The Morgan fingerprint density at radius 3 is 2.53 bits per heavy atom. The summed E-state index contributed by atoms with van der Waals surface area (Å²) >= 11 is 0. The van der Waals surface area contributed by atoms with Crippen LogP contribution in [0.1, 0.15) is 19.1 Å². The fourth-order valence-corrected chi connectivity index (χ4v) is 4.36. The highest BCUT2D eigenvalue weighted by molar-refractivity contribution is 5.87. The number of carbonyl (C=O) groups excluding carboxylic acids is 2. The third kappa shape index (κ3) is 4.66. The van der Waals surface area contributed by atoms with Gasteiger partial charge < -0.3 is 24.7 Å². The Morgan fingerprint density at radius 2 is 1.87 bits per heavy atom. The van der Waals surface area contributed by atoms with Crippen LogP contribution in [0.5, 0.6) is 0 Å². The van der Waals surface area contributed by atoms with Crippen LogP contribution in [0.15, 0.2) is 41.1 Å². The molecule has 11 nitrogen and oxygen atoms in total. The van der Waals surface area contributed by atoms with E-state index in [2.05, 4.69) is 25.4 Å². The van der Waals surface area contributed by atoms with Crippen molar-refractivity contribution >= 4 is 17.8 Å². The summed E-state index contributed by atoms with van der Waals surface area (Å²) in [6.45, 7) is 1.19. The number of pyridine rings is 1. The van der Waals surface area contributed by atoms with Crippen LogP contribution < -0.4 is 5.32 Å². The molecule has 3 aromatic heterocycles. The zero-order valence-electron chi connectivity index (χ0n) is 20.4. The molecule has 200 valence electrons. The van der Waals surface area contributed by atoms with Crippen LogP contribution in [-0.2, 0) is 15.2 Å². The second-order valence-corrected chi connectivity index (χ2v) is 9.43. The third-order valence-corrected chi connectivity index (χ3v) is 6.73. The number of alkyl halides is 3. The summed E-state index contributed by atoms with van der Waals surface area (Å²) in [5.41, 5.74) is -0.185. The number of hydrogen-bond donors (Lipinski definition) is 2. The highest BCUT2D eigenvalue weighted by atomic mass is 19.4. The minimum atomic E-state index is -4.32. The number of likely N-dealkylation sites (N-methyl/N-ethyl adjacent to an activating group) is 1. The lowest BCUT2D eigenvalue weighted by atomic mass is 9.98. The van der Waals surface area contributed by atoms with Crippen LogP contribution in [0.2, 0.25) is 0 Å². The lowest BCUT2D eigenvalue weighted by Crippen LogP contribution is -2.58. The number of nitrogens with zero attached hydrogens (tertiary/aromatic N) is 6. The average Bonchev–Trinajstić information content (AvgIpc) is 3.45. The molecule has 0 bridgehead atoms. The van der Waals surface area contributed by atoms with E-state index < -0.39 is 35.6 Å². The van der Waals surface area contributed by atoms with Crippen molar-refractivity contribution in [1.82, 2.24) is 29.9 Å². The highest BCUT2D eigenvalue weighted by Gasteiger charge is 2.49. The first kappa shape index (κ1) is 25.6. The molecule has 0 aromatic carbocycles. The number of halogens is 3. The molecular weight excluding hydrogens is 507 g/mol. The second-order valence-electron chi connectivity index (χ2n) is 9.43. The number of carbonyl (C=O) groups is 2. The standard InChI is InChI=1S/C24H24F3N7O4/c1-13(20(35)34-11-14(12-34)24(25,26)27)29-22-28-8-6-17(31-22)15-4-3-5-16(30-15)18-10-19(38-32-18)23(37)7-9-33(2)21(23)36/h3-6,8,10,13-14,37H,7,9,11-12H2,1-2H3,(H,28,29,31)/t13-,23+/m0/s1. The quantitative estimate of drug-likeness (QED) is 0.490. The summed E-state index contributed by atoms with van der Waals surface area (Å²) in [6, 6.07) is 7.35. The van der Waals surface area contributed by atoms with E-state index in [1.54, 1.807) is 31.3 Å². The van der Waals surface area contributed by atoms with E-state index in [0.29, 0.717) is 29.3 Å². The minimum Gasteiger partial charge on any atom is -0.373 e. The lowest BCUT2D eigenvalue weighted by molar-refractivity contribution is -0.209. The summed E-state index contributed by atoms with van der Waals surface area (Å²) in [7, 11) is 1.60. The fourth-order valence-electron chi connectivity index (χ4n) is 4.36. The Kier molecular flexibility index (Phi) is 6.29. The van der Waals surface area contributed by atoms with Gasteiger partial charge in [-0.2, -0.15) is 13.2 Å². The van der Waals surface area contributed by atoms with E-state index in [1.807, 2.05) is 0 Å². The highest BCUT2D eigenvalue weighted by Crippen LogP contribution is 2.35. The topological polar surface area (TPSA) is 138 Å². The van der Waals surface area contributed by atoms with E-state index in [0.717, 1.165) is 4.90 Å². The number of nitrogens with one attached hydrogen (secondary N) is 1. The maximum Gasteiger partial charge on any atom is 0.395 e. The maximum absolute atomic E-state index is 12.7. The molecule has 3 aromatic rings. The van der Waals surface area contributed by atoms with Gasteiger partial charge in [0.1, 0.15) is 11.7 Å². The first-order valence-corrected chi connectivity index (χ1v) is 11.8. The lowest BCUT2D eigenvalue weighted by Gasteiger charge is -2.41. The van der Waals surface area contributed by atoms with E-state index in [-0.39, 0.29) is 31.2 Å². The molecule has 0 aliphatic carbocycles. The van der Waals surface area contributed by atoms with E-state index in [1.165, 1.54) is 24.1 Å². The second kappa shape index (κ2) is 9.35. The zero-order chi connectivity index (χ0) is 27.2. The Bertz CT molecular complexity index is 1370. The molecule has 5 rings (SSSR count). The van der Waals surface area contributed by atoms with E-state index in [4.69, 9.17) is 4.52 Å². The molecule has 0 unspecified atom stereocenters. The van der Waals surface area contributed by atoms with Crippen molar-refractivity contribution in [2.45, 2.75) is 31.2 Å². The number of amides is 2. The van der Waals surface area contributed by atoms with Crippen LogP contribution in [-0.4, -0.2) is 85.7 Å². The number of hydrogen-bond acceptors (Lipinski definition) is 9. The summed E-state index contributed by atoms with van der Waals surface area (Å²) in [5.74, 6) is -2.30. The van der Waals surface area contributed by atoms with Gasteiger partial charge in [-0.05, 0) is 25.1 Å². The molecular formula is C24H24F3N7O4. The molecule has 14 heteroatoms. The van der Waals surface area contributed by atoms with E-state index in [9.17, 15) is 27.9 Å². The summed E-state index contributed by atoms with van der Waals surface area (Å²) in [4.78, 5) is 40.4. The number of rotatable bonds is 6. The van der Waals surface area contributed by atoms with Gasteiger partial charge >= 0.3 is 6.18 Å². The van der Waals surface area contributed by atoms with Crippen molar-refractivity contribution in [3.8, 4) is 22.8 Å². The Hall–Kier alpha value is -4.07. The van der Waals surface area contributed by atoms with Crippen molar-refractivity contribution in [2.75, 3.05) is 32.0 Å². The molecule has 2 saturated heterocycles. The molecule has 2 aliphatic heterocycles. The molecule has 5 heterocycles. The van der Waals surface area contributed by atoms with Gasteiger partial charge in [0.05, 0.1) is 23.0 Å². The largest absolute Gasteiger partial charge is 0.395 e. The molecule has 38 heavy (non-hydrogen) atoms. The van der Waals surface area contributed by atoms with Crippen LogP contribution in [0.3, 0.4) is 0 Å². The van der Waals surface area contributed by atoms with Crippen LogP contribution in [0.4, 0.5) is 19.1 Å². The Labute approximate surface area is 214 Å². The van der Waals surface area contributed by atoms with Gasteiger partial charge in [0.25, 0.3) is 5.91 Å². The van der Waals surface area contributed by atoms with Gasteiger partial charge in [-0.15, -0.1) is 0 Å². The normalized spacial score (nSPS) is 20.9. The zero-order valence-corrected chi connectivity index (χ0v) is 20.4. The van der Waals surface area contributed by atoms with Crippen molar-refractivity contribution in [1.29, 1.82) is 0 Å². The van der Waals surface area contributed by atoms with Gasteiger partial charge in [0, 0.05) is 45.4 Å². The van der Waals surface area contributed by atoms with Gasteiger partial charge in [-0.1, -0.05) is 11.2 Å². The van der Waals surface area contributed by atoms with Crippen LogP contribution in [0, 0.1) is 5.92 Å². The third-order valence-electron chi connectivity index (χ3n) is 6.73. The summed E-state index contributed by atoms with van der Waals surface area (Å²) in [6.07, 6.45) is -2.67. The average molecular weight is 531 g/mol. The van der Waals surface area contributed by atoms with Gasteiger partial charge in [-0.3, -0.25) is 9.59 Å². The molecule has 0 spiro atoms. The van der Waals surface area contributed by atoms with Gasteiger partial charge in [0.2, 0.25) is 17.5 Å². The van der Waals surface area contributed by atoms with Crippen molar-refractivity contribution in [3.05, 3.63) is 42.3 Å². The first-order valence-electron chi connectivity index (χ1n) is 11.8. The van der Waals surface area contributed by atoms with Crippen LogP contribution >= 0.6 is 0 Å². The number of aromatic nitrogens is 4. The minimum absolute atomic E-state index is 0.0324. The summed E-state index contributed by atoms with van der Waals surface area (Å²) < 4.78 is 43.5. The van der Waals surface area contributed by atoms with Gasteiger partial charge in [0.15, 0.2) is 5.76 Å². The molecule has 0 saturated carbocycles. The number of likely N-dealkylation sites (tertiary alicyclic amines) is 2. The Morgan fingerprint density at radius 1 is 1.18 bits per heavy atom. The molecule has 2 atom stereocenters. The fraction of sp³-hybridized carbons (Fsp3) is 0.417. The maximum atomic E-state index is 12.7. The Balaban J connectivity index is 1.29. The van der Waals surface area contributed by atoms with Gasteiger partial charge in [-0.25, -0.2) is 15.0 Å². The van der Waals surface area contributed by atoms with Crippen molar-refractivity contribution in [2.24, 2.45) is 5.92 Å².